The Morgan fingerprint density at radius 3 is 2.62 bits per heavy atom. The summed E-state index contributed by atoms with van der Waals surface area (Å²) in [5, 5.41) is 4.80. The van der Waals surface area contributed by atoms with E-state index in [9.17, 15) is 4.79 Å². The molecule has 0 radical (unpaired) electrons. The van der Waals surface area contributed by atoms with Gasteiger partial charge in [0.2, 0.25) is 5.82 Å². The zero-order valence-corrected chi connectivity index (χ0v) is 13.9. The van der Waals surface area contributed by atoms with E-state index < -0.39 is 5.97 Å². The number of nitrogens with zero attached hydrogens (tertiary/aromatic N) is 2. The third-order valence-corrected chi connectivity index (χ3v) is 3.69. The molecule has 0 aliphatic carbocycles. The predicted molar refractivity (Wildman–Crippen MR) is 94.3 cm³/mol. The van der Waals surface area contributed by atoms with E-state index in [-0.39, 0.29) is 12.4 Å². The van der Waals surface area contributed by atoms with Gasteiger partial charge in [-0.3, -0.25) is 0 Å². The number of nitrogens with one attached hydrogen (secondary N) is 1. The Hall–Kier alpha value is -2.66. The summed E-state index contributed by atoms with van der Waals surface area (Å²) in [5.41, 5.74) is 1.74. The fourth-order valence-corrected chi connectivity index (χ4v) is 2.41. The second-order valence-electron chi connectivity index (χ2n) is 5.11. The number of fused-ring (bicyclic) bond motifs is 1. The number of carbonyl (C=O) groups is 1. The molecule has 2 aromatic carbocycles. The molecule has 3 rings (SSSR count). The van der Waals surface area contributed by atoms with Crippen molar-refractivity contribution in [1.29, 1.82) is 0 Å². The molecule has 5 nitrogen and oxygen atoms in total. The second-order valence-corrected chi connectivity index (χ2v) is 5.55. The standard InChI is InChI=1S/C18H16ClN3O2/c1-2-24-18(23)17-21-15-6-4-3-5-14(15)16(22-17)20-11-12-7-9-13(19)10-8-12/h3-10H,2,11H2,1H3,(H,20,21,22). The lowest BCUT2D eigenvalue weighted by molar-refractivity contribution is 0.0512. The highest BCUT2D eigenvalue weighted by molar-refractivity contribution is 6.30. The van der Waals surface area contributed by atoms with Crippen molar-refractivity contribution in [2.45, 2.75) is 13.5 Å². The first-order valence-corrected chi connectivity index (χ1v) is 7.97. The van der Waals surface area contributed by atoms with Crippen LogP contribution in [0.25, 0.3) is 10.9 Å². The number of rotatable bonds is 5. The molecule has 0 aliphatic heterocycles. The van der Waals surface area contributed by atoms with Crippen LogP contribution in [-0.4, -0.2) is 22.5 Å². The Morgan fingerprint density at radius 1 is 1.12 bits per heavy atom. The highest BCUT2D eigenvalue weighted by Crippen LogP contribution is 2.21. The van der Waals surface area contributed by atoms with Crippen molar-refractivity contribution in [3.63, 3.8) is 0 Å². The fraction of sp³-hybridized carbons (Fsp3) is 0.167. The molecule has 0 aliphatic rings. The van der Waals surface area contributed by atoms with Crippen LogP contribution in [0.2, 0.25) is 5.02 Å². The van der Waals surface area contributed by atoms with Crippen molar-refractivity contribution in [3.05, 3.63) is 64.9 Å². The van der Waals surface area contributed by atoms with Gasteiger partial charge >= 0.3 is 5.97 Å². The molecule has 0 bridgehead atoms. The number of anilines is 1. The van der Waals surface area contributed by atoms with Gasteiger partial charge in [0.05, 0.1) is 12.1 Å². The SMILES string of the molecule is CCOC(=O)c1nc(NCc2ccc(Cl)cc2)c2ccccc2n1. The Morgan fingerprint density at radius 2 is 1.88 bits per heavy atom. The number of esters is 1. The van der Waals surface area contributed by atoms with Crippen LogP contribution in [0.15, 0.2) is 48.5 Å². The first kappa shape index (κ1) is 16.2. The van der Waals surface area contributed by atoms with Crippen LogP contribution in [-0.2, 0) is 11.3 Å². The summed E-state index contributed by atoms with van der Waals surface area (Å²) >= 11 is 5.90. The van der Waals surface area contributed by atoms with E-state index in [1.165, 1.54) is 0 Å². The minimum atomic E-state index is -0.530. The van der Waals surface area contributed by atoms with Crippen molar-refractivity contribution in [1.82, 2.24) is 9.97 Å². The van der Waals surface area contributed by atoms with Gasteiger partial charge in [0.1, 0.15) is 5.82 Å². The molecular formula is C18H16ClN3O2. The normalized spacial score (nSPS) is 10.6. The van der Waals surface area contributed by atoms with Crippen LogP contribution < -0.4 is 5.32 Å². The van der Waals surface area contributed by atoms with Crippen LogP contribution in [0.4, 0.5) is 5.82 Å². The first-order valence-electron chi connectivity index (χ1n) is 7.59. The summed E-state index contributed by atoms with van der Waals surface area (Å²) in [7, 11) is 0. The lowest BCUT2D eigenvalue weighted by atomic mass is 10.2. The molecule has 0 fully saturated rings. The summed E-state index contributed by atoms with van der Waals surface area (Å²) in [6.07, 6.45) is 0. The van der Waals surface area contributed by atoms with E-state index in [2.05, 4.69) is 15.3 Å². The summed E-state index contributed by atoms with van der Waals surface area (Å²) in [4.78, 5) is 20.6. The Balaban J connectivity index is 1.92. The molecule has 1 N–H and O–H groups in total. The third-order valence-electron chi connectivity index (χ3n) is 3.43. The molecule has 122 valence electrons. The average Bonchev–Trinajstić information content (AvgIpc) is 2.61. The molecule has 0 saturated heterocycles. The number of carbonyl (C=O) groups excluding carboxylic acids is 1. The number of benzene rings is 2. The maximum atomic E-state index is 12.0. The Bertz CT molecular complexity index is 866. The van der Waals surface area contributed by atoms with E-state index in [0.717, 1.165) is 10.9 Å². The van der Waals surface area contributed by atoms with Gasteiger partial charge in [-0.2, -0.15) is 0 Å². The molecule has 24 heavy (non-hydrogen) atoms. The summed E-state index contributed by atoms with van der Waals surface area (Å²) in [5.74, 6) is 0.116. The molecule has 0 saturated carbocycles. The molecule has 0 atom stereocenters. The zero-order valence-electron chi connectivity index (χ0n) is 13.1. The van der Waals surface area contributed by atoms with Gasteiger partial charge in [0.15, 0.2) is 0 Å². The molecule has 3 aromatic rings. The van der Waals surface area contributed by atoms with Crippen molar-refractivity contribution >= 4 is 34.3 Å². The smallest absolute Gasteiger partial charge is 0.376 e. The van der Waals surface area contributed by atoms with Gasteiger partial charge in [0.25, 0.3) is 0 Å². The van der Waals surface area contributed by atoms with Crippen molar-refractivity contribution in [3.8, 4) is 0 Å². The lowest BCUT2D eigenvalue weighted by Crippen LogP contribution is -2.12. The summed E-state index contributed by atoms with van der Waals surface area (Å²) in [6.45, 7) is 2.58. The van der Waals surface area contributed by atoms with Crippen LogP contribution in [0.1, 0.15) is 23.1 Å². The van der Waals surface area contributed by atoms with Crippen molar-refractivity contribution in [2.75, 3.05) is 11.9 Å². The lowest BCUT2D eigenvalue weighted by Gasteiger charge is -2.10. The minimum Gasteiger partial charge on any atom is -0.460 e. The summed E-state index contributed by atoms with van der Waals surface area (Å²) in [6, 6.07) is 15.1. The highest BCUT2D eigenvalue weighted by Gasteiger charge is 2.14. The maximum absolute atomic E-state index is 12.0. The van der Waals surface area contributed by atoms with Gasteiger partial charge in [0, 0.05) is 17.0 Å². The van der Waals surface area contributed by atoms with E-state index in [0.29, 0.717) is 22.9 Å². The molecule has 1 heterocycles. The zero-order chi connectivity index (χ0) is 16.9. The Kier molecular flexibility index (Phi) is 4.91. The van der Waals surface area contributed by atoms with Gasteiger partial charge < -0.3 is 10.1 Å². The van der Waals surface area contributed by atoms with Crippen molar-refractivity contribution in [2.24, 2.45) is 0 Å². The third kappa shape index (κ3) is 3.63. The summed E-state index contributed by atoms with van der Waals surface area (Å²) < 4.78 is 5.00. The van der Waals surface area contributed by atoms with E-state index in [1.807, 2.05) is 48.5 Å². The Labute approximate surface area is 144 Å². The number of halogens is 1. The van der Waals surface area contributed by atoms with Gasteiger partial charge in [-0.05, 0) is 36.8 Å². The number of para-hydroxylation sites is 1. The molecular weight excluding hydrogens is 326 g/mol. The molecule has 1 aromatic heterocycles. The quantitative estimate of drug-likeness (QED) is 0.709. The number of aromatic nitrogens is 2. The van der Waals surface area contributed by atoms with E-state index in [4.69, 9.17) is 16.3 Å². The monoisotopic (exact) mass is 341 g/mol. The second kappa shape index (κ2) is 7.27. The van der Waals surface area contributed by atoms with Crippen LogP contribution in [0, 0.1) is 0 Å². The topological polar surface area (TPSA) is 64.1 Å². The average molecular weight is 342 g/mol. The number of hydrogen-bond acceptors (Lipinski definition) is 5. The van der Waals surface area contributed by atoms with Crippen molar-refractivity contribution < 1.29 is 9.53 Å². The van der Waals surface area contributed by atoms with E-state index in [1.54, 1.807) is 6.92 Å². The van der Waals surface area contributed by atoms with Crippen LogP contribution >= 0.6 is 11.6 Å². The number of ether oxygens (including phenoxy) is 1. The molecule has 0 spiro atoms. The van der Waals surface area contributed by atoms with Gasteiger partial charge in [-0.25, -0.2) is 14.8 Å². The predicted octanol–water partition coefficient (Wildman–Crippen LogP) is 4.07. The fourth-order valence-electron chi connectivity index (χ4n) is 2.29. The highest BCUT2D eigenvalue weighted by atomic mass is 35.5. The largest absolute Gasteiger partial charge is 0.460 e. The van der Waals surface area contributed by atoms with Gasteiger partial charge in [-0.1, -0.05) is 35.9 Å². The minimum absolute atomic E-state index is 0.0501. The maximum Gasteiger partial charge on any atom is 0.376 e. The first-order chi connectivity index (χ1) is 11.7. The molecule has 6 heteroatoms. The van der Waals surface area contributed by atoms with Crippen LogP contribution in [0.3, 0.4) is 0 Å². The molecule has 0 amide bonds. The molecule has 0 unspecified atom stereocenters. The van der Waals surface area contributed by atoms with Crippen LogP contribution in [0.5, 0.6) is 0 Å². The van der Waals surface area contributed by atoms with E-state index >= 15 is 0 Å². The number of hydrogen-bond donors (Lipinski definition) is 1. The van der Waals surface area contributed by atoms with Gasteiger partial charge in [-0.15, -0.1) is 0 Å².